The highest BCUT2D eigenvalue weighted by atomic mass is 16.5. The van der Waals surface area contributed by atoms with Gasteiger partial charge in [-0.25, -0.2) is 0 Å². The van der Waals surface area contributed by atoms with Crippen molar-refractivity contribution in [2.75, 3.05) is 26.4 Å². The fraction of sp³-hybridized carbons (Fsp3) is 0.588. The lowest BCUT2D eigenvalue weighted by atomic mass is 9.92. The average molecular weight is 289 g/mol. The van der Waals surface area contributed by atoms with Gasteiger partial charge in [-0.15, -0.1) is 0 Å². The van der Waals surface area contributed by atoms with Crippen molar-refractivity contribution in [2.45, 2.75) is 31.7 Å². The first kappa shape index (κ1) is 14.5. The highest BCUT2D eigenvalue weighted by Gasteiger charge is 2.30. The molecule has 21 heavy (non-hydrogen) atoms. The Morgan fingerprint density at radius 3 is 3.00 bits per heavy atom. The molecule has 114 valence electrons. The van der Waals surface area contributed by atoms with Gasteiger partial charge in [-0.05, 0) is 36.3 Å². The predicted octanol–water partition coefficient (Wildman–Crippen LogP) is 1.92. The summed E-state index contributed by atoms with van der Waals surface area (Å²) in [6.07, 6.45) is 3.41. The van der Waals surface area contributed by atoms with Crippen LogP contribution in [0.3, 0.4) is 0 Å². The topological polar surface area (TPSA) is 49.8 Å². The Morgan fingerprint density at radius 1 is 1.38 bits per heavy atom. The molecule has 1 saturated heterocycles. The Bertz CT molecular complexity index is 497. The van der Waals surface area contributed by atoms with Gasteiger partial charge in [0.25, 0.3) is 0 Å². The molecule has 2 atom stereocenters. The van der Waals surface area contributed by atoms with Crippen LogP contribution in [0, 0.1) is 5.92 Å². The maximum atomic E-state index is 12.5. The highest BCUT2D eigenvalue weighted by Crippen LogP contribution is 2.30. The zero-order chi connectivity index (χ0) is 14.7. The summed E-state index contributed by atoms with van der Waals surface area (Å²) in [5.41, 5.74) is 2.36. The number of aliphatic hydroxyl groups excluding tert-OH is 1. The molecule has 0 spiro atoms. The fourth-order valence-corrected chi connectivity index (χ4v) is 3.43. The van der Waals surface area contributed by atoms with E-state index in [0.29, 0.717) is 18.9 Å². The van der Waals surface area contributed by atoms with E-state index in [-0.39, 0.29) is 18.6 Å². The molecule has 2 heterocycles. The molecular weight excluding hydrogens is 266 g/mol. The normalized spacial score (nSPS) is 24.9. The van der Waals surface area contributed by atoms with Crippen LogP contribution in [0.25, 0.3) is 0 Å². The number of amides is 1. The summed E-state index contributed by atoms with van der Waals surface area (Å²) in [6.45, 7) is 2.33. The molecule has 0 radical (unpaired) electrons. The minimum atomic E-state index is -0.178. The van der Waals surface area contributed by atoms with Gasteiger partial charge in [-0.1, -0.05) is 24.3 Å². The largest absolute Gasteiger partial charge is 0.394 e. The number of hydrogen-bond acceptors (Lipinski definition) is 3. The van der Waals surface area contributed by atoms with E-state index in [1.165, 1.54) is 5.56 Å². The van der Waals surface area contributed by atoms with Crippen molar-refractivity contribution in [3.63, 3.8) is 0 Å². The molecule has 1 fully saturated rings. The van der Waals surface area contributed by atoms with Crippen molar-refractivity contribution >= 4 is 5.91 Å². The van der Waals surface area contributed by atoms with Gasteiger partial charge in [0, 0.05) is 26.2 Å². The third kappa shape index (κ3) is 3.11. The molecule has 4 heteroatoms. The summed E-state index contributed by atoms with van der Waals surface area (Å²) < 4.78 is 5.36. The molecule has 4 nitrogen and oxygen atoms in total. The zero-order valence-corrected chi connectivity index (χ0v) is 12.3. The van der Waals surface area contributed by atoms with E-state index in [4.69, 9.17) is 4.74 Å². The van der Waals surface area contributed by atoms with E-state index in [1.54, 1.807) is 0 Å². The van der Waals surface area contributed by atoms with Crippen molar-refractivity contribution in [3.8, 4) is 0 Å². The lowest BCUT2D eigenvalue weighted by molar-refractivity contribution is -0.135. The van der Waals surface area contributed by atoms with Crippen LogP contribution in [0.1, 0.15) is 36.4 Å². The first-order valence-corrected chi connectivity index (χ1v) is 7.85. The zero-order valence-electron chi connectivity index (χ0n) is 12.3. The van der Waals surface area contributed by atoms with Gasteiger partial charge in [-0.3, -0.25) is 4.79 Å². The van der Waals surface area contributed by atoms with Gasteiger partial charge in [-0.2, -0.15) is 0 Å². The Hall–Kier alpha value is -1.39. The van der Waals surface area contributed by atoms with Gasteiger partial charge in [0.2, 0.25) is 5.91 Å². The monoisotopic (exact) mass is 289 g/mol. The van der Waals surface area contributed by atoms with Crippen LogP contribution >= 0.6 is 0 Å². The van der Waals surface area contributed by atoms with Gasteiger partial charge in [0.15, 0.2) is 0 Å². The van der Waals surface area contributed by atoms with Gasteiger partial charge in [0.1, 0.15) is 0 Å². The lowest BCUT2D eigenvalue weighted by Crippen LogP contribution is -2.41. The quantitative estimate of drug-likeness (QED) is 0.921. The molecule has 2 aliphatic rings. The number of aliphatic hydroxyl groups is 1. The predicted molar refractivity (Wildman–Crippen MR) is 79.8 cm³/mol. The van der Waals surface area contributed by atoms with E-state index in [2.05, 4.69) is 6.07 Å². The van der Waals surface area contributed by atoms with Crippen molar-refractivity contribution in [3.05, 3.63) is 35.4 Å². The summed E-state index contributed by atoms with van der Waals surface area (Å²) in [6, 6.07) is 7.94. The number of carbonyl (C=O) groups excluding carboxylic acids is 1. The Morgan fingerprint density at radius 2 is 2.24 bits per heavy atom. The number of ether oxygens (including phenoxy) is 1. The average Bonchev–Trinajstić information content (AvgIpc) is 3.04. The molecule has 1 aromatic rings. The lowest BCUT2D eigenvalue weighted by Gasteiger charge is -2.36. The molecule has 1 amide bonds. The number of hydrogen-bond donors (Lipinski definition) is 1. The fourth-order valence-electron chi connectivity index (χ4n) is 3.43. The molecule has 1 N–H and O–H groups in total. The summed E-state index contributed by atoms with van der Waals surface area (Å²) in [5.74, 6) is 0.689. The van der Waals surface area contributed by atoms with Gasteiger partial charge < -0.3 is 14.7 Å². The Kier molecular flexibility index (Phi) is 4.56. The van der Waals surface area contributed by atoms with E-state index in [0.717, 1.165) is 38.0 Å². The number of nitrogens with zero attached hydrogens (tertiary/aromatic N) is 1. The summed E-state index contributed by atoms with van der Waals surface area (Å²) >= 11 is 0. The van der Waals surface area contributed by atoms with Crippen molar-refractivity contribution < 1.29 is 14.6 Å². The van der Waals surface area contributed by atoms with Crippen LogP contribution in [0.2, 0.25) is 0 Å². The van der Waals surface area contributed by atoms with Crippen LogP contribution in [0.5, 0.6) is 0 Å². The Labute approximate surface area is 125 Å². The summed E-state index contributed by atoms with van der Waals surface area (Å²) in [4.78, 5) is 14.4. The number of benzene rings is 1. The molecule has 0 aromatic heterocycles. The summed E-state index contributed by atoms with van der Waals surface area (Å²) in [5, 5.41) is 9.72. The van der Waals surface area contributed by atoms with Crippen LogP contribution in [-0.4, -0.2) is 42.3 Å². The minimum Gasteiger partial charge on any atom is -0.394 e. The second-order valence-electron chi connectivity index (χ2n) is 6.00. The van der Waals surface area contributed by atoms with Gasteiger partial charge >= 0.3 is 0 Å². The van der Waals surface area contributed by atoms with Crippen LogP contribution < -0.4 is 0 Å². The van der Waals surface area contributed by atoms with E-state index in [9.17, 15) is 9.90 Å². The Balaban J connectivity index is 1.65. The highest BCUT2D eigenvalue weighted by molar-refractivity contribution is 5.77. The third-order valence-electron chi connectivity index (χ3n) is 4.70. The molecule has 0 saturated carbocycles. The molecule has 2 unspecified atom stereocenters. The van der Waals surface area contributed by atoms with Crippen molar-refractivity contribution in [2.24, 2.45) is 5.92 Å². The van der Waals surface area contributed by atoms with Crippen LogP contribution in [0.15, 0.2) is 24.3 Å². The van der Waals surface area contributed by atoms with E-state index < -0.39 is 0 Å². The molecular formula is C17H23NO3. The minimum absolute atomic E-state index is 0.00467. The van der Waals surface area contributed by atoms with E-state index in [1.807, 2.05) is 23.1 Å². The first-order valence-electron chi connectivity index (χ1n) is 7.85. The smallest absolute Gasteiger partial charge is 0.223 e. The van der Waals surface area contributed by atoms with Crippen LogP contribution in [-0.2, 0) is 16.0 Å². The number of rotatable bonds is 4. The van der Waals surface area contributed by atoms with E-state index >= 15 is 0 Å². The molecule has 0 bridgehead atoms. The SMILES string of the molecule is O=C(CCC1CCOC1)N1CCc2ccccc2C1CO. The molecule has 1 aromatic carbocycles. The number of fused-ring (bicyclic) bond motifs is 1. The summed E-state index contributed by atoms with van der Waals surface area (Å²) in [7, 11) is 0. The maximum Gasteiger partial charge on any atom is 0.223 e. The van der Waals surface area contributed by atoms with Crippen molar-refractivity contribution in [1.82, 2.24) is 4.90 Å². The van der Waals surface area contributed by atoms with Crippen LogP contribution in [0.4, 0.5) is 0 Å². The molecule has 2 aliphatic heterocycles. The standard InChI is InChI=1S/C17H23NO3/c19-11-16-15-4-2-1-3-14(15)7-9-18(16)17(20)6-5-13-8-10-21-12-13/h1-4,13,16,19H,5-12H2. The molecule has 3 rings (SSSR count). The maximum absolute atomic E-state index is 12.5. The second-order valence-corrected chi connectivity index (χ2v) is 6.00. The van der Waals surface area contributed by atoms with Crippen molar-refractivity contribution in [1.29, 1.82) is 0 Å². The number of carbonyl (C=O) groups is 1. The first-order chi connectivity index (χ1) is 10.3. The third-order valence-corrected chi connectivity index (χ3v) is 4.70. The second kappa shape index (κ2) is 6.58. The molecule has 0 aliphatic carbocycles. The van der Waals surface area contributed by atoms with Gasteiger partial charge in [0.05, 0.1) is 12.6 Å².